The second-order valence-corrected chi connectivity index (χ2v) is 9.31. The molecule has 2 aromatic rings. The summed E-state index contributed by atoms with van der Waals surface area (Å²) in [5.41, 5.74) is 0.228. The zero-order chi connectivity index (χ0) is 19.6. The highest BCUT2D eigenvalue weighted by atomic mass is 35.5. The van der Waals surface area contributed by atoms with Crippen LogP contribution in [0.5, 0.6) is 0 Å². The van der Waals surface area contributed by atoms with E-state index in [0.29, 0.717) is 9.73 Å². The van der Waals surface area contributed by atoms with Gasteiger partial charge in [-0.2, -0.15) is 4.73 Å². The Morgan fingerprint density at radius 3 is 2.69 bits per heavy atom. The van der Waals surface area contributed by atoms with Gasteiger partial charge in [-0.3, -0.25) is 4.79 Å². The average Bonchev–Trinajstić information content (AvgIpc) is 2.87. The fraction of sp³-hybridized carbons (Fsp3) is 0.400. The molecule has 0 aliphatic carbocycles. The number of carbonyl (C=O) groups is 1. The van der Waals surface area contributed by atoms with Crippen LogP contribution in [0.15, 0.2) is 18.5 Å². The van der Waals surface area contributed by atoms with Gasteiger partial charge in [0.2, 0.25) is 12.1 Å². The summed E-state index contributed by atoms with van der Waals surface area (Å²) in [6.45, 7) is 3.49. The molecule has 26 heavy (non-hydrogen) atoms. The minimum Gasteiger partial charge on any atom is -0.619 e. The smallest absolute Gasteiger partial charge is 0.231 e. The molecule has 2 heterocycles. The number of anilines is 1. The molecule has 0 N–H and O–H groups in total. The fourth-order valence-electron chi connectivity index (χ4n) is 2.41. The minimum atomic E-state index is -3.32. The Morgan fingerprint density at radius 1 is 1.50 bits per heavy atom. The molecule has 0 aromatic carbocycles. The number of halogens is 2. The van der Waals surface area contributed by atoms with Crippen molar-refractivity contribution in [2.75, 3.05) is 23.5 Å². The first-order valence-electron chi connectivity index (χ1n) is 7.57. The Bertz CT molecular complexity index is 913. The summed E-state index contributed by atoms with van der Waals surface area (Å²) in [4.78, 5) is 18.1. The lowest BCUT2D eigenvalue weighted by Crippen LogP contribution is -2.37. The quantitative estimate of drug-likeness (QED) is 0.526. The molecule has 0 saturated heterocycles. The van der Waals surface area contributed by atoms with Crippen LogP contribution in [0.1, 0.15) is 13.8 Å². The van der Waals surface area contributed by atoms with Crippen molar-refractivity contribution in [3.8, 4) is 10.6 Å². The lowest BCUT2D eigenvalue weighted by atomic mass is 10.2. The molecule has 0 fully saturated rings. The second-order valence-electron chi connectivity index (χ2n) is 5.79. The van der Waals surface area contributed by atoms with Crippen molar-refractivity contribution in [1.82, 2.24) is 4.98 Å². The Morgan fingerprint density at radius 2 is 2.15 bits per heavy atom. The van der Waals surface area contributed by atoms with Crippen LogP contribution >= 0.6 is 22.9 Å². The Kier molecular flexibility index (Phi) is 6.20. The molecule has 1 atom stereocenters. The topological polar surface area (TPSA) is 94.3 Å². The predicted molar refractivity (Wildman–Crippen MR) is 98.4 cm³/mol. The monoisotopic (exact) mass is 421 g/mol. The van der Waals surface area contributed by atoms with Gasteiger partial charge in [0.15, 0.2) is 17.2 Å². The van der Waals surface area contributed by atoms with Gasteiger partial charge >= 0.3 is 0 Å². The standard InChI is InChI=1S/C15H17ClFN3O4S2/c1-4-20(14(21)9(2)8-26(3,23)24)15-12(16)18-13(25-15)10-5-11(17)7-19(22)6-10/h5-7,9H,4,8H2,1-3H3. The molecule has 0 radical (unpaired) electrons. The van der Waals surface area contributed by atoms with Crippen LogP contribution < -0.4 is 9.63 Å². The van der Waals surface area contributed by atoms with Gasteiger partial charge in [0, 0.05) is 18.7 Å². The van der Waals surface area contributed by atoms with Crippen LogP contribution in [0.2, 0.25) is 5.15 Å². The minimum absolute atomic E-state index is 0.0217. The van der Waals surface area contributed by atoms with Gasteiger partial charge in [-0.1, -0.05) is 29.9 Å². The third-order valence-corrected chi connectivity index (χ3v) is 6.04. The number of carbonyl (C=O) groups excluding carboxylic acids is 1. The van der Waals surface area contributed by atoms with E-state index in [4.69, 9.17) is 11.6 Å². The van der Waals surface area contributed by atoms with Crippen LogP contribution in [-0.4, -0.2) is 37.9 Å². The van der Waals surface area contributed by atoms with Crippen LogP contribution in [0.25, 0.3) is 10.6 Å². The molecule has 0 aliphatic heterocycles. The maximum absolute atomic E-state index is 13.4. The summed E-state index contributed by atoms with van der Waals surface area (Å²) in [6.07, 6.45) is 2.98. The van der Waals surface area contributed by atoms with Crippen molar-refractivity contribution in [1.29, 1.82) is 0 Å². The first kappa shape index (κ1) is 20.5. The molecule has 2 rings (SSSR count). The fourth-order valence-corrected chi connectivity index (χ4v) is 4.82. The van der Waals surface area contributed by atoms with E-state index in [9.17, 15) is 22.8 Å². The van der Waals surface area contributed by atoms with E-state index in [1.165, 1.54) is 11.8 Å². The van der Waals surface area contributed by atoms with E-state index in [-0.39, 0.29) is 28.0 Å². The van der Waals surface area contributed by atoms with Gasteiger partial charge in [-0.25, -0.2) is 17.8 Å². The van der Waals surface area contributed by atoms with Crippen LogP contribution in [-0.2, 0) is 14.6 Å². The van der Waals surface area contributed by atoms with Crippen molar-refractivity contribution in [3.05, 3.63) is 34.6 Å². The zero-order valence-electron chi connectivity index (χ0n) is 14.3. The number of rotatable bonds is 6. The van der Waals surface area contributed by atoms with Gasteiger partial charge in [0.05, 0.1) is 11.3 Å². The normalized spacial score (nSPS) is 12.8. The predicted octanol–water partition coefficient (Wildman–Crippen LogP) is 2.27. The third-order valence-electron chi connectivity index (χ3n) is 3.43. The Balaban J connectivity index is 2.37. The van der Waals surface area contributed by atoms with E-state index in [2.05, 4.69) is 4.98 Å². The Hall–Kier alpha value is -1.78. The highest BCUT2D eigenvalue weighted by Gasteiger charge is 2.28. The van der Waals surface area contributed by atoms with Gasteiger partial charge in [-0.05, 0) is 13.0 Å². The molecule has 1 amide bonds. The number of pyridine rings is 1. The van der Waals surface area contributed by atoms with Crippen LogP contribution in [0, 0.1) is 16.9 Å². The van der Waals surface area contributed by atoms with Gasteiger partial charge < -0.3 is 10.1 Å². The Labute approximate surface area is 159 Å². The molecule has 0 saturated carbocycles. The van der Waals surface area contributed by atoms with Crippen molar-refractivity contribution in [3.63, 3.8) is 0 Å². The highest BCUT2D eigenvalue weighted by Crippen LogP contribution is 2.38. The van der Waals surface area contributed by atoms with E-state index < -0.39 is 27.5 Å². The number of aromatic nitrogens is 2. The van der Waals surface area contributed by atoms with E-state index in [0.717, 1.165) is 36.1 Å². The summed E-state index contributed by atoms with van der Waals surface area (Å²) >= 11 is 7.16. The van der Waals surface area contributed by atoms with E-state index >= 15 is 0 Å². The molecule has 2 aromatic heterocycles. The average molecular weight is 422 g/mol. The number of nitrogens with zero attached hydrogens (tertiary/aromatic N) is 3. The first-order valence-corrected chi connectivity index (χ1v) is 10.8. The van der Waals surface area contributed by atoms with E-state index in [1.54, 1.807) is 6.92 Å². The van der Waals surface area contributed by atoms with Crippen LogP contribution in [0.3, 0.4) is 0 Å². The molecule has 0 spiro atoms. The lowest BCUT2D eigenvalue weighted by molar-refractivity contribution is -0.606. The maximum atomic E-state index is 13.4. The number of thiazole rings is 1. The first-order chi connectivity index (χ1) is 12.0. The van der Waals surface area contributed by atoms with Crippen molar-refractivity contribution in [2.24, 2.45) is 5.92 Å². The molecule has 0 bridgehead atoms. The number of amides is 1. The van der Waals surface area contributed by atoms with Gasteiger partial charge in [0.25, 0.3) is 0 Å². The summed E-state index contributed by atoms with van der Waals surface area (Å²) < 4.78 is 36.6. The zero-order valence-corrected chi connectivity index (χ0v) is 16.7. The molecule has 142 valence electrons. The van der Waals surface area contributed by atoms with Crippen molar-refractivity contribution in [2.45, 2.75) is 13.8 Å². The SMILES string of the molecule is CCN(C(=O)C(C)CS(C)(=O)=O)c1sc(-c2cc(F)c[n+]([O-])c2)nc1Cl. The van der Waals surface area contributed by atoms with Crippen LogP contribution in [0.4, 0.5) is 9.39 Å². The summed E-state index contributed by atoms with van der Waals surface area (Å²) in [5.74, 6) is -2.18. The molecule has 7 nitrogen and oxygen atoms in total. The molecule has 1 unspecified atom stereocenters. The van der Waals surface area contributed by atoms with Crippen molar-refractivity contribution >= 4 is 43.7 Å². The van der Waals surface area contributed by atoms with E-state index in [1.807, 2.05) is 0 Å². The number of hydrogen-bond acceptors (Lipinski definition) is 6. The molecular weight excluding hydrogens is 405 g/mol. The largest absolute Gasteiger partial charge is 0.619 e. The number of sulfone groups is 1. The van der Waals surface area contributed by atoms with Crippen molar-refractivity contribution < 1.29 is 22.3 Å². The highest BCUT2D eigenvalue weighted by molar-refractivity contribution is 7.90. The molecule has 0 aliphatic rings. The lowest BCUT2D eigenvalue weighted by Gasteiger charge is -2.22. The summed E-state index contributed by atoms with van der Waals surface area (Å²) in [5, 5.41) is 12.0. The maximum Gasteiger partial charge on any atom is 0.231 e. The van der Waals surface area contributed by atoms with Gasteiger partial charge in [0.1, 0.15) is 19.8 Å². The summed E-state index contributed by atoms with van der Waals surface area (Å²) in [7, 11) is -3.32. The second kappa shape index (κ2) is 7.85. The molecule has 11 heteroatoms. The molecular formula is C15H17ClFN3O4S2. The summed E-state index contributed by atoms with van der Waals surface area (Å²) in [6, 6.07) is 1.14. The number of hydrogen-bond donors (Lipinski definition) is 0. The van der Waals surface area contributed by atoms with Gasteiger partial charge in [-0.15, -0.1) is 0 Å². The third kappa shape index (κ3) is 4.89.